The molecule has 0 radical (unpaired) electrons. The number of anilines is 1. The Labute approximate surface area is 118 Å². The first-order valence-corrected chi connectivity index (χ1v) is 6.94. The van der Waals surface area contributed by atoms with E-state index in [4.69, 9.17) is 4.74 Å². The number of methoxy groups -OCH3 is 1. The molecule has 1 atom stereocenters. The Morgan fingerprint density at radius 1 is 1.30 bits per heavy atom. The van der Waals surface area contributed by atoms with Crippen LogP contribution in [0.3, 0.4) is 0 Å². The maximum atomic E-state index is 12.7. The second-order valence-electron chi connectivity index (χ2n) is 5.16. The molecule has 2 aliphatic heterocycles. The first kappa shape index (κ1) is 13.1. The van der Waals surface area contributed by atoms with Crippen LogP contribution in [0.1, 0.15) is 23.2 Å². The summed E-state index contributed by atoms with van der Waals surface area (Å²) in [5.41, 5.74) is 1.32. The van der Waals surface area contributed by atoms with Crippen molar-refractivity contribution in [3.8, 4) is 0 Å². The van der Waals surface area contributed by atoms with Crippen molar-refractivity contribution >= 4 is 17.5 Å². The number of fused-ring (bicyclic) bond motifs is 2. The summed E-state index contributed by atoms with van der Waals surface area (Å²) in [5.74, 6) is -0.0192. The Bertz CT molecular complexity index is 544. The lowest BCUT2D eigenvalue weighted by Crippen LogP contribution is -2.45. The lowest BCUT2D eigenvalue weighted by Gasteiger charge is -2.25. The highest BCUT2D eigenvalue weighted by Gasteiger charge is 2.41. The third-order valence-electron chi connectivity index (χ3n) is 4.01. The summed E-state index contributed by atoms with van der Waals surface area (Å²) in [7, 11) is 1.61. The number of ether oxygens (including phenoxy) is 1. The van der Waals surface area contributed by atoms with Crippen molar-refractivity contribution in [1.29, 1.82) is 0 Å². The van der Waals surface area contributed by atoms with Crippen molar-refractivity contribution in [3.63, 3.8) is 0 Å². The minimum Gasteiger partial charge on any atom is -0.383 e. The number of benzene rings is 1. The van der Waals surface area contributed by atoms with E-state index in [1.807, 2.05) is 18.2 Å². The van der Waals surface area contributed by atoms with Crippen molar-refractivity contribution in [2.24, 2.45) is 0 Å². The number of rotatable bonds is 3. The fraction of sp³-hybridized carbons (Fsp3) is 0.467. The van der Waals surface area contributed by atoms with Crippen molar-refractivity contribution in [2.45, 2.75) is 18.9 Å². The molecule has 20 heavy (non-hydrogen) atoms. The van der Waals surface area contributed by atoms with E-state index in [1.165, 1.54) is 0 Å². The first-order valence-electron chi connectivity index (χ1n) is 6.94. The van der Waals surface area contributed by atoms with Crippen LogP contribution in [0.2, 0.25) is 0 Å². The van der Waals surface area contributed by atoms with Gasteiger partial charge in [-0.2, -0.15) is 0 Å². The quantitative estimate of drug-likeness (QED) is 0.834. The van der Waals surface area contributed by atoms with Crippen LogP contribution in [0.4, 0.5) is 5.69 Å². The van der Waals surface area contributed by atoms with E-state index in [0.29, 0.717) is 30.9 Å². The minimum absolute atomic E-state index is 0.0119. The number of amides is 2. The number of carbonyl (C=O) groups is 2. The van der Waals surface area contributed by atoms with Crippen molar-refractivity contribution in [3.05, 3.63) is 29.8 Å². The molecule has 5 heteroatoms. The lowest BCUT2D eigenvalue weighted by atomic mass is 10.1. The summed E-state index contributed by atoms with van der Waals surface area (Å²) in [6.07, 6.45) is 1.64. The molecule has 1 aromatic rings. The Balaban J connectivity index is 2.06. The smallest absolute Gasteiger partial charge is 0.256 e. The van der Waals surface area contributed by atoms with Crippen LogP contribution < -0.4 is 4.90 Å². The monoisotopic (exact) mass is 274 g/mol. The molecule has 0 bridgehead atoms. The van der Waals surface area contributed by atoms with Crippen molar-refractivity contribution < 1.29 is 14.3 Å². The molecule has 2 heterocycles. The van der Waals surface area contributed by atoms with Gasteiger partial charge in [0.25, 0.3) is 5.91 Å². The summed E-state index contributed by atoms with van der Waals surface area (Å²) in [4.78, 5) is 28.7. The summed E-state index contributed by atoms with van der Waals surface area (Å²) in [6, 6.07) is 7.02. The van der Waals surface area contributed by atoms with Gasteiger partial charge < -0.3 is 14.5 Å². The largest absolute Gasteiger partial charge is 0.383 e. The second kappa shape index (κ2) is 5.25. The molecule has 3 rings (SSSR count). The molecule has 0 aliphatic carbocycles. The standard InChI is InChI=1S/C15H18N2O3/c1-20-10-9-17-12-6-3-2-5-11(12)14(18)16-8-4-7-13(16)15(17)19/h2-3,5-6,13H,4,7-10H2,1H3/t13-/m1/s1. The summed E-state index contributed by atoms with van der Waals surface area (Å²) >= 11 is 0. The van der Waals surface area contributed by atoms with Gasteiger partial charge >= 0.3 is 0 Å². The average Bonchev–Trinajstić information content (AvgIpc) is 2.93. The minimum atomic E-state index is -0.313. The Morgan fingerprint density at radius 3 is 2.90 bits per heavy atom. The van der Waals surface area contributed by atoms with Gasteiger partial charge in [0.05, 0.1) is 17.9 Å². The van der Waals surface area contributed by atoms with Crippen LogP contribution in [-0.2, 0) is 9.53 Å². The molecule has 0 N–H and O–H groups in total. The number of hydrogen-bond donors (Lipinski definition) is 0. The van der Waals surface area contributed by atoms with Gasteiger partial charge in [-0.25, -0.2) is 0 Å². The molecule has 1 fully saturated rings. The molecule has 1 aromatic carbocycles. The molecule has 0 spiro atoms. The van der Waals surface area contributed by atoms with Gasteiger partial charge in [-0.05, 0) is 25.0 Å². The van der Waals surface area contributed by atoms with Crippen LogP contribution in [0.5, 0.6) is 0 Å². The van der Waals surface area contributed by atoms with E-state index in [1.54, 1.807) is 23.0 Å². The molecule has 5 nitrogen and oxygen atoms in total. The molecule has 0 aromatic heterocycles. The summed E-state index contributed by atoms with van der Waals surface area (Å²) in [6.45, 7) is 1.60. The Hall–Kier alpha value is -1.88. The number of para-hydroxylation sites is 1. The lowest BCUT2D eigenvalue weighted by molar-refractivity contribution is -0.122. The van der Waals surface area contributed by atoms with Gasteiger partial charge in [0.2, 0.25) is 5.91 Å². The predicted octanol–water partition coefficient (Wildman–Crippen LogP) is 1.28. The predicted molar refractivity (Wildman–Crippen MR) is 74.7 cm³/mol. The molecular weight excluding hydrogens is 256 g/mol. The van der Waals surface area contributed by atoms with E-state index in [9.17, 15) is 9.59 Å². The fourth-order valence-electron chi connectivity index (χ4n) is 3.02. The van der Waals surface area contributed by atoms with Gasteiger partial charge in [0.1, 0.15) is 6.04 Å². The van der Waals surface area contributed by atoms with Crippen LogP contribution in [0, 0.1) is 0 Å². The van der Waals surface area contributed by atoms with Crippen LogP contribution in [-0.4, -0.2) is 49.6 Å². The maximum absolute atomic E-state index is 12.7. The third kappa shape index (κ3) is 1.98. The van der Waals surface area contributed by atoms with Gasteiger partial charge in [-0.3, -0.25) is 9.59 Å². The SMILES string of the molecule is COCCN1C(=O)[C@H]2CCCN2C(=O)c2ccccc21. The van der Waals surface area contributed by atoms with Crippen LogP contribution in [0.15, 0.2) is 24.3 Å². The van der Waals surface area contributed by atoms with Crippen LogP contribution in [0.25, 0.3) is 0 Å². The number of carbonyl (C=O) groups excluding carboxylic acids is 2. The fourth-order valence-corrected chi connectivity index (χ4v) is 3.02. The van der Waals surface area contributed by atoms with Gasteiger partial charge in [-0.15, -0.1) is 0 Å². The average molecular weight is 274 g/mol. The van der Waals surface area contributed by atoms with E-state index in [0.717, 1.165) is 12.8 Å². The molecule has 2 amide bonds. The molecule has 0 unspecified atom stereocenters. The van der Waals surface area contributed by atoms with Gasteiger partial charge in [-0.1, -0.05) is 12.1 Å². The van der Waals surface area contributed by atoms with E-state index < -0.39 is 0 Å². The zero-order chi connectivity index (χ0) is 14.1. The number of hydrogen-bond acceptors (Lipinski definition) is 3. The Morgan fingerprint density at radius 2 is 2.10 bits per heavy atom. The highest BCUT2D eigenvalue weighted by molar-refractivity contribution is 6.11. The highest BCUT2D eigenvalue weighted by atomic mass is 16.5. The van der Waals surface area contributed by atoms with E-state index in [2.05, 4.69) is 0 Å². The van der Waals surface area contributed by atoms with Crippen molar-refractivity contribution in [2.75, 3.05) is 31.7 Å². The first-order chi connectivity index (χ1) is 9.74. The zero-order valence-electron chi connectivity index (χ0n) is 11.5. The van der Waals surface area contributed by atoms with Gasteiger partial charge in [0, 0.05) is 20.2 Å². The molecule has 0 saturated carbocycles. The van der Waals surface area contributed by atoms with Gasteiger partial charge in [0.15, 0.2) is 0 Å². The molecule has 106 valence electrons. The Kier molecular flexibility index (Phi) is 3.44. The number of nitrogens with zero attached hydrogens (tertiary/aromatic N) is 2. The van der Waals surface area contributed by atoms with Crippen molar-refractivity contribution in [1.82, 2.24) is 4.90 Å². The topological polar surface area (TPSA) is 49.9 Å². The maximum Gasteiger partial charge on any atom is 0.256 e. The van der Waals surface area contributed by atoms with E-state index >= 15 is 0 Å². The third-order valence-corrected chi connectivity index (χ3v) is 4.01. The molecule has 2 aliphatic rings. The highest BCUT2D eigenvalue weighted by Crippen LogP contribution is 2.31. The second-order valence-corrected chi connectivity index (χ2v) is 5.16. The summed E-state index contributed by atoms with van der Waals surface area (Å²) < 4.78 is 5.09. The molecule has 1 saturated heterocycles. The van der Waals surface area contributed by atoms with Crippen LogP contribution >= 0.6 is 0 Å². The summed E-state index contributed by atoms with van der Waals surface area (Å²) in [5, 5.41) is 0. The normalized spacial score (nSPS) is 21.8. The molecular formula is C15H18N2O3. The zero-order valence-corrected chi connectivity index (χ0v) is 11.5. The van der Waals surface area contributed by atoms with E-state index in [-0.39, 0.29) is 17.9 Å².